The number of Topliss-reactive ketones (excluding diaryl/α,β-unsaturated/α-hetero) is 1. The van der Waals surface area contributed by atoms with Gasteiger partial charge in [-0.25, -0.2) is 0 Å². The number of allylic oxidation sites excluding steroid dienone is 2. The van der Waals surface area contributed by atoms with E-state index in [0.29, 0.717) is 5.78 Å². The fourth-order valence-corrected chi connectivity index (χ4v) is 1.98. The molecular formula is C13H14O. The maximum atomic E-state index is 11.5. The van der Waals surface area contributed by atoms with E-state index in [4.69, 9.17) is 0 Å². The van der Waals surface area contributed by atoms with Crippen molar-refractivity contribution in [2.75, 3.05) is 0 Å². The number of benzene rings is 1. The predicted octanol–water partition coefficient (Wildman–Crippen LogP) is 3.21. The van der Waals surface area contributed by atoms with Gasteiger partial charge >= 0.3 is 0 Å². The smallest absolute Gasteiger partial charge is 0.159 e. The third kappa shape index (κ3) is 1.63. The molecule has 1 aliphatic carbocycles. The molecule has 1 nitrogen and oxygen atoms in total. The molecule has 0 aliphatic heterocycles. The van der Waals surface area contributed by atoms with Crippen molar-refractivity contribution in [2.45, 2.75) is 26.2 Å². The molecule has 0 aromatic heterocycles. The fraction of sp³-hybridized carbons (Fsp3) is 0.308. The van der Waals surface area contributed by atoms with Crippen molar-refractivity contribution >= 4 is 11.4 Å². The number of hydrogen-bond acceptors (Lipinski definition) is 1. The summed E-state index contributed by atoms with van der Waals surface area (Å²) in [4.78, 5) is 11.5. The van der Waals surface area contributed by atoms with E-state index in [-0.39, 0.29) is 0 Å². The third-order valence-corrected chi connectivity index (χ3v) is 2.83. The molecule has 1 aromatic carbocycles. The van der Waals surface area contributed by atoms with Crippen LogP contribution in [0.5, 0.6) is 0 Å². The average molecular weight is 186 g/mol. The highest BCUT2D eigenvalue weighted by molar-refractivity contribution is 6.04. The summed E-state index contributed by atoms with van der Waals surface area (Å²) in [5.41, 5.74) is 3.38. The van der Waals surface area contributed by atoms with Gasteiger partial charge < -0.3 is 0 Å². The molecule has 1 aromatic rings. The van der Waals surface area contributed by atoms with Gasteiger partial charge in [0.2, 0.25) is 0 Å². The molecule has 0 N–H and O–H groups in total. The lowest BCUT2D eigenvalue weighted by Crippen LogP contribution is -1.95. The molecule has 0 unspecified atom stereocenters. The Labute approximate surface area is 84.5 Å². The highest BCUT2D eigenvalue weighted by Crippen LogP contribution is 2.28. The maximum Gasteiger partial charge on any atom is 0.159 e. The van der Waals surface area contributed by atoms with Gasteiger partial charge in [0.15, 0.2) is 5.78 Å². The second-order valence-electron chi connectivity index (χ2n) is 3.75. The second kappa shape index (κ2) is 3.79. The van der Waals surface area contributed by atoms with Crippen LogP contribution >= 0.6 is 0 Å². The quantitative estimate of drug-likeness (QED) is 0.615. The summed E-state index contributed by atoms with van der Waals surface area (Å²) in [6.45, 7) is 2.05. The van der Waals surface area contributed by atoms with E-state index in [9.17, 15) is 4.79 Å². The lowest BCUT2D eigenvalue weighted by Gasteiger charge is -2.04. The van der Waals surface area contributed by atoms with Gasteiger partial charge in [-0.1, -0.05) is 30.3 Å². The van der Waals surface area contributed by atoms with Crippen molar-refractivity contribution < 1.29 is 4.79 Å². The molecule has 1 saturated carbocycles. The molecule has 1 aliphatic rings. The molecule has 0 atom stereocenters. The van der Waals surface area contributed by atoms with Crippen molar-refractivity contribution in [1.29, 1.82) is 0 Å². The second-order valence-corrected chi connectivity index (χ2v) is 3.75. The summed E-state index contributed by atoms with van der Waals surface area (Å²) in [5, 5.41) is 0. The Balaban J connectivity index is 2.40. The van der Waals surface area contributed by atoms with Gasteiger partial charge in [0.25, 0.3) is 0 Å². The molecule has 0 radical (unpaired) electrons. The first-order valence-electron chi connectivity index (χ1n) is 5.07. The van der Waals surface area contributed by atoms with Crippen LogP contribution in [0.4, 0.5) is 0 Å². The van der Waals surface area contributed by atoms with Crippen LogP contribution in [0.3, 0.4) is 0 Å². The molecule has 0 heterocycles. The van der Waals surface area contributed by atoms with Crippen molar-refractivity contribution in [1.82, 2.24) is 0 Å². The normalized spacial score (nSPS) is 19.9. The van der Waals surface area contributed by atoms with Crippen molar-refractivity contribution in [3.63, 3.8) is 0 Å². The highest BCUT2D eigenvalue weighted by Gasteiger charge is 2.19. The van der Waals surface area contributed by atoms with E-state index in [2.05, 4.69) is 12.1 Å². The van der Waals surface area contributed by atoms with E-state index in [1.165, 1.54) is 5.56 Å². The number of hydrogen-bond donors (Lipinski definition) is 0. The van der Waals surface area contributed by atoms with Crippen LogP contribution in [0.25, 0.3) is 5.57 Å². The van der Waals surface area contributed by atoms with E-state index in [1.807, 2.05) is 25.1 Å². The molecule has 1 fully saturated rings. The van der Waals surface area contributed by atoms with Crippen LogP contribution in [0.1, 0.15) is 31.7 Å². The Morgan fingerprint density at radius 3 is 2.43 bits per heavy atom. The molecule has 0 spiro atoms. The van der Waals surface area contributed by atoms with Gasteiger partial charge in [-0.15, -0.1) is 0 Å². The van der Waals surface area contributed by atoms with Crippen LogP contribution in [0.2, 0.25) is 0 Å². The minimum Gasteiger partial charge on any atom is -0.295 e. The Morgan fingerprint density at radius 2 is 1.86 bits per heavy atom. The first-order valence-corrected chi connectivity index (χ1v) is 5.07. The lowest BCUT2D eigenvalue weighted by atomic mass is 10.0. The zero-order valence-corrected chi connectivity index (χ0v) is 8.42. The zero-order valence-electron chi connectivity index (χ0n) is 8.42. The summed E-state index contributed by atoms with van der Waals surface area (Å²) in [6.07, 6.45) is 2.72. The van der Waals surface area contributed by atoms with E-state index in [0.717, 1.165) is 30.4 Å². The first-order chi connectivity index (χ1) is 6.79. The average Bonchev–Trinajstić information content (AvgIpc) is 2.65. The van der Waals surface area contributed by atoms with Crippen LogP contribution < -0.4 is 0 Å². The number of carbonyl (C=O) groups excluding carboxylic acids is 1. The molecule has 1 heteroatoms. The zero-order chi connectivity index (χ0) is 9.97. The van der Waals surface area contributed by atoms with Gasteiger partial charge in [-0.2, -0.15) is 0 Å². The van der Waals surface area contributed by atoms with Gasteiger partial charge in [0, 0.05) is 6.42 Å². The number of rotatable bonds is 1. The molecular weight excluding hydrogens is 172 g/mol. The highest BCUT2D eigenvalue weighted by atomic mass is 16.1. The predicted molar refractivity (Wildman–Crippen MR) is 57.9 cm³/mol. The third-order valence-electron chi connectivity index (χ3n) is 2.83. The van der Waals surface area contributed by atoms with Crippen molar-refractivity contribution in [2.24, 2.45) is 0 Å². The summed E-state index contributed by atoms with van der Waals surface area (Å²) in [7, 11) is 0. The van der Waals surface area contributed by atoms with E-state index in [1.54, 1.807) is 0 Å². The van der Waals surface area contributed by atoms with Crippen LogP contribution in [-0.4, -0.2) is 5.78 Å². The molecule has 0 bridgehead atoms. The van der Waals surface area contributed by atoms with Crippen LogP contribution in [0.15, 0.2) is 35.9 Å². The summed E-state index contributed by atoms with van der Waals surface area (Å²) in [5.74, 6) is 0.339. The molecule has 72 valence electrons. The van der Waals surface area contributed by atoms with Crippen LogP contribution in [-0.2, 0) is 4.79 Å². The molecule has 14 heavy (non-hydrogen) atoms. The summed E-state index contributed by atoms with van der Waals surface area (Å²) < 4.78 is 0. The minimum absolute atomic E-state index is 0.339. The Bertz CT molecular complexity index is 373. The van der Waals surface area contributed by atoms with E-state index >= 15 is 0 Å². The van der Waals surface area contributed by atoms with Gasteiger partial charge in [-0.3, -0.25) is 4.79 Å². The minimum atomic E-state index is 0.339. The van der Waals surface area contributed by atoms with Crippen LogP contribution in [0, 0.1) is 0 Å². The van der Waals surface area contributed by atoms with Crippen molar-refractivity contribution in [3.05, 3.63) is 41.5 Å². The molecule has 0 saturated heterocycles. The van der Waals surface area contributed by atoms with E-state index < -0.39 is 0 Å². The fourth-order valence-electron chi connectivity index (χ4n) is 1.98. The summed E-state index contributed by atoms with van der Waals surface area (Å²) in [6, 6.07) is 10.2. The lowest BCUT2D eigenvalue weighted by molar-refractivity contribution is -0.114. The monoisotopic (exact) mass is 186 g/mol. The van der Waals surface area contributed by atoms with Gasteiger partial charge in [0.1, 0.15) is 0 Å². The SMILES string of the molecule is C/C(=C1/CCCC1=O)c1ccccc1. The Morgan fingerprint density at radius 1 is 1.14 bits per heavy atom. The largest absolute Gasteiger partial charge is 0.295 e. The Kier molecular flexibility index (Phi) is 2.49. The summed E-state index contributed by atoms with van der Waals surface area (Å²) >= 11 is 0. The van der Waals surface area contributed by atoms with Gasteiger partial charge in [-0.05, 0) is 36.5 Å². The van der Waals surface area contributed by atoms with Gasteiger partial charge in [0.05, 0.1) is 0 Å². The molecule has 0 amide bonds. The molecule has 2 rings (SSSR count). The number of carbonyl (C=O) groups is 1. The first kappa shape index (κ1) is 9.20. The standard InChI is InChI=1S/C13H14O/c1-10(11-6-3-2-4-7-11)12-8-5-9-13(12)14/h2-4,6-7H,5,8-9H2,1H3/b12-10+. The Hall–Kier alpha value is -1.37. The van der Waals surface area contributed by atoms with Crippen molar-refractivity contribution in [3.8, 4) is 0 Å². The number of ketones is 1. The topological polar surface area (TPSA) is 17.1 Å². The maximum absolute atomic E-state index is 11.5.